The van der Waals surface area contributed by atoms with Gasteiger partial charge in [-0.1, -0.05) is 30.3 Å². The Hall–Kier alpha value is -2.78. The molecule has 2 aromatic rings. The van der Waals surface area contributed by atoms with Gasteiger partial charge in [-0.15, -0.1) is 0 Å². The van der Waals surface area contributed by atoms with E-state index >= 15 is 0 Å². The highest BCUT2D eigenvalue weighted by atomic mass is 32.2. The number of amides is 1. The fraction of sp³-hybridized carbons (Fsp3) is 0.235. The van der Waals surface area contributed by atoms with E-state index in [1.165, 1.54) is 13.0 Å². The molecular formula is C17H19N3O5S. The number of nitro groups is 1. The first-order valence-electron chi connectivity index (χ1n) is 7.85. The molecule has 8 nitrogen and oxygen atoms in total. The van der Waals surface area contributed by atoms with E-state index < -0.39 is 27.4 Å². The Kier molecular flexibility index (Phi) is 6.42. The zero-order chi connectivity index (χ0) is 19.2. The van der Waals surface area contributed by atoms with Crippen LogP contribution < -0.4 is 10.0 Å². The zero-order valence-electron chi connectivity index (χ0n) is 14.1. The van der Waals surface area contributed by atoms with Crippen molar-refractivity contribution in [3.05, 3.63) is 69.8 Å². The average Bonchev–Trinajstić information content (AvgIpc) is 2.60. The van der Waals surface area contributed by atoms with Crippen molar-refractivity contribution >= 4 is 21.6 Å². The number of nitro benzene ring substituents is 1. The van der Waals surface area contributed by atoms with Gasteiger partial charge < -0.3 is 5.32 Å². The lowest BCUT2D eigenvalue weighted by Crippen LogP contribution is -2.37. The number of hydrogen-bond donors (Lipinski definition) is 2. The molecule has 0 aliphatic rings. The second-order valence-corrected chi connectivity index (χ2v) is 7.38. The maximum atomic E-state index is 12.2. The first-order chi connectivity index (χ1) is 12.3. The second kappa shape index (κ2) is 8.54. The highest BCUT2D eigenvalue weighted by molar-refractivity contribution is 7.89. The van der Waals surface area contributed by atoms with Crippen LogP contribution in [0.1, 0.15) is 11.1 Å². The third kappa shape index (κ3) is 5.36. The van der Waals surface area contributed by atoms with Crippen molar-refractivity contribution in [3.8, 4) is 0 Å². The molecule has 0 bridgehead atoms. The molecule has 2 aromatic carbocycles. The molecule has 2 rings (SSSR count). The molecule has 26 heavy (non-hydrogen) atoms. The SMILES string of the molecule is Cc1cc(S(=O)(=O)NCC(=O)NCCc2ccccc2)ccc1[N+](=O)[O-]. The molecule has 138 valence electrons. The number of nitrogens with one attached hydrogen (secondary N) is 2. The van der Waals surface area contributed by atoms with Gasteiger partial charge in [0.25, 0.3) is 5.69 Å². The van der Waals surface area contributed by atoms with Gasteiger partial charge in [-0.25, -0.2) is 13.1 Å². The lowest BCUT2D eigenvalue weighted by molar-refractivity contribution is -0.385. The summed E-state index contributed by atoms with van der Waals surface area (Å²) in [5.74, 6) is -0.455. The summed E-state index contributed by atoms with van der Waals surface area (Å²) in [7, 11) is -3.93. The van der Waals surface area contributed by atoms with Gasteiger partial charge in [-0.2, -0.15) is 0 Å². The molecule has 0 spiro atoms. The van der Waals surface area contributed by atoms with E-state index in [0.29, 0.717) is 13.0 Å². The Morgan fingerprint density at radius 2 is 1.85 bits per heavy atom. The maximum Gasteiger partial charge on any atom is 0.272 e. The van der Waals surface area contributed by atoms with Crippen LogP contribution in [0, 0.1) is 17.0 Å². The number of aryl methyl sites for hydroxylation is 1. The number of carbonyl (C=O) groups is 1. The van der Waals surface area contributed by atoms with E-state index in [1.54, 1.807) is 0 Å². The first kappa shape index (κ1) is 19.5. The highest BCUT2D eigenvalue weighted by Crippen LogP contribution is 2.21. The summed E-state index contributed by atoms with van der Waals surface area (Å²) in [6, 6.07) is 13.0. The monoisotopic (exact) mass is 377 g/mol. The molecule has 0 aliphatic heterocycles. The fourth-order valence-corrected chi connectivity index (χ4v) is 3.36. The molecule has 9 heteroatoms. The number of sulfonamides is 1. The summed E-state index contributed by atoms with van der Waals surface area (Å²) in [6.45, 7) is 1.43. The summed E-state index contributed by atoms with van der Waals surface area (Å²) >= 11 is 0. The Balaban J connectivity index is 1.88. The van der Waals surface area contributed by atoms with Crippen molar-refractivity contribution in [1.82, 2.24) is 10.0 Å². The van der Waals surface area contributed by atoms with Crippen molar-refractivity contribution < 1.29 is 18.1 Å². The summed E-state index contributed by atoms with van der Waals surface area (Å²) in [4.78, 5) is 21.9. The minimum atomic E-state index is -3.93. The highest BCUT2D eigenvalue weighted by Gasteiger charge is 2.19. The van der Waals surface area contributed by atoms with Crippen LogP contribution in [0.15, 0.2) is 53.4 Å². The number of nitrogens with zero attached hydrogens (tertiary/aromatic N) is 1. The standard InChI is InChI=1S/C17H19N3O5S/c1-13-11-15(7-8-16(13)20(22)23)26(24,25)19-12-17(21)18-10-9-14-5-3-2-4-6-14/h2-8,11,19H,9-10,12H2,1H3,(H,18,21). The zero-order valence-corrected chi connectivity index (χ0v) is 15.0. The van der Waals surface area contributed by atoms with Gasteiger partial charge in [0.05, 0.1) is 16.4 Å². The molecule has 0 aliphatic carbocycles. The predicted molar refractivity (Wildman–Crippen MR) is 96.2 cm³/mol. The molecule has 0 radical (unpaired) electrons. The van der Waals surface area contributed by atoms with E-state index in [0.717, 1.165) is 17.7 Å². The van der Waals surface area contributed by atoms with Gasteiger partial charge >= 0.3 is 0 Å². The average molecular weight is 377 g/mol. The molecule has 0 unspecified atom stereocenters. The Morgan fingerprint density at radius 1 is 1.15 bits per heavy atom. The van der Waals surface area contributed by atoms with E-state index in [4.69, 9.17) is 0 Å². The number of rotatable bonds is 8. The minimum Gasteiger partial charge on any atom is -0.355 e. The van der Waals surface area contributed by atoms with E-state index in [9.17, 15) is 23.3 Å². The molecule has 0 heterocycles. The van der Waals surface area contributed by atoms with Crippen molar-refractivity contribution in [1.29, 1.82) is 0 Å². The maximum absolute atomic E-state index is 12.2. The van der Waals surface area contributed by atoms with E-state index in [2.05, 4.69) is 10.0 Å². The van der Waals surface area contributed by atoms with Crippen LogP contribution in [0.25, 0.3) is 0 Å². The van der Waals surface area contributed by atoms with Crippen LogP contribution in [-0.2, 0) is 21.2 Å². The van der Waals surface area contributed by atoms with Gasteiger partial charge in [-0.3, -0.25) is 14.9 Å². The topological polar surface area (TPSA) is 118 Å². The van der Waals surface area contributed by atoms with Crippen LogP contribution in [0.2, 0.25) is 0 Å². The van der Waals surface area contributed by atoms with E-state index in [1.807, 2.05) is 30.3 Å². The number of benzene rings is 2. The van der Waals surface area contributed by atoms with Gasteiger partial charge in [0, 0.05) is 18.2 Å². The van der Waals surface area contributed by atoms with Crippen LogP contribution in [0.3, 0.4) is 0 Å². The molecule has 0 atom stereocenters. The summed E-state index contributed by atoms with van der Waals surface area (Å²) in [6.07, 6.45) is 0.640. The minimum absolute atomic E-state index is 0.127. The summed E-state index contributed by atoms with van der Waals surface area (Å²) in [5, 5.41) is 13.4. The predicted octanol–water partition coefficient (Wildman–Crippen LogP) is 1.54. The van der Waals surface area contributed by atoms with Gasteiger partial charge in [0.2, 0.25) is 15.9 Å². The largest absolute Gasteiger partial charge is 0.355 e. The molecule has 0 saturated carbocycles. The molecule has 0 saturated heterocycles. The lowest BCUT2D eigenvalue weighted by atomic mass is 10.1. The third-order valence-corrected chi connectivity index (χ3v) is 5.08. The van der Waals surface area contributed by atoms with Gasteiger partial charge in [-0.05, 0) is 31.0 Å². The fourth-order valence-electron chi connectivity index (χ4n) is 2.30. The summed E-state index contributed by atoms with van der Waals surface area (Å²) in [5.41, 5.74) is 1.13. The molecule has 0 aromatic heterocycles. The summed E-state index contributed by atoms with van der Waals surface area (Å²) < 4.78 is 26.6. The van der Waals surface area contributed by atoms with Crippen LogP contribution in [-0.4, -0.2) is 32.3 Å². The normalized spacial score (nSPS) is 11.1. The number of carbonyl (C=O) groups excluding carboxylic acids is 1. The molecule has 2 N–H and O–H groups in total. The Labute approximate surface area is 151 Å². The smallest absolute Gasteiger partial charge is 0.272 e. The second-order valence-electron chi connectivity index (χ2n) is 5.62. The Morgan fingerprint density at radius 3 is 2.46 bits per heavy atom. The molecule has 0 fully saturated rings. The lowest BCUT2D eigenvalue weighted by Gasteiger charge is -2.09. The van der Waals surface area contributed by atoms with E-state index in [-0.39, 0.29) is 16.1 Å². The first-order valence-corrected chi connectivity index (χ1v) is 9.33. The van der Waals surface area contributed by atoms with Crippen LogP contribution >= 0.6 is 0 Å². The van der Waals surface area contributed by atoms with Crippen molar-refractivity contribution in [3.63, 3.8) is 0 Å². The molecule has 1 amide bonds. The third-order valence-electron chi connectivity index (χ3n) is 3.68. The van der Waals surface area contributed by atoms with Crippen LogP contribution in [0.4, 0.5) is 5.69 Å². The van der Waals surface area contributed by atoms with Crippen molar-refractivity contribution in [2.45, 2.75) is 18.2 Å². The molecular weight excluding hydrogens is 358 g/mol. The Bertz CT molecular complexity index is 898. The van der Waals surface area contributed by atoms with Crippen LogP contribution in [0.5, 0.6) is 0 Å². The van der Waals surface area contributed by atoms with Crippen molar-refractivity contribution in [2.24, 2.45) is 0 Å². The van der Waals surface area contributed by atoms with Crippen molar-refractivity contribution in [2.75, 3.05) is 13.1 Å². The van der Waals surface area contributed by atoms with Gasteiger partial charge in [0.1, 0.15) is 0 Å². The van der Waals surface area contributed by atoms with Gasteiger partial charge in [0.15, 0.2) is 0 Å². The number of hydrogen-bond acceptors (Lipinski definition) is 5. The quantitative estimate of drug-likeness (QED) is 0.534.